The number of aryl methyl sites for hydroxylation is 1. The molecule has 134 valence electrons. The van der Waals surface area contributed by atoms with Gasteiger partial charge in [-0.15, -0.1) is 0 Å². The number of likely N-dealkylation sites (tertiary alicyclic amines) is 1. The molecule has 3 rings (SSSR count). The smallest absolute Gasteiger partial charge is 0.311 e. The molecule has 0 aromatic heterocycles. The normalized spacial score (nSPS) is 20.8. The van der Waals surface area contributed by atoms with Crippen molar-refractivity contribution in [3.63, 3.8) is 0 Å². The van der Waals surface area contributed by atoms with E-state index in [2.05, 4.69) is 5.32 Å². The number of anilines is 1. The van der Waals surface area contributed by atoms with E-state index in [1.165, 1.54) is 0 Å². The molecule has 1 aliphatic heterocycles. The lowest BCUT2D eigenvalue weighted by molar-refractivity contribution is -0.151. The van der Waals surface area contributed by atoms with Crippen molar-refractivity contribution in [3.05, 3.63) is 29.8 Å². The number of amides is 2. The van der Waals surface area contributed by atoms with Crippen molar-refractivity contribution in [2.24, 2.45) is 5.92 Å². The molecule has 1 aliphatic carbocycles. The van der Waals surface area contributed by atoms with Crippen molar-refractivity contribution in [3.8, 4) is 0 Å². The number of ether oxygens (including phenoxy) is 1. The highest BCUT2D eigenvalue weighted by Gasteiger charge is 2.39. The Morgan fingerprint density at radius 3 is 2.56 bits per heavy atom. The summed E-state index contributed by atoms with van der Waals surface area (Å²) < 4.78 is 5.11. The summed E-state index contributed by atoms with van der Waals surface area (Å²) in [5.41, 5.74) is 1.76. The summed E-state index contributed by atoms with van der Waals surface area (Å²) >= 11 is 0. The first-order valence-corrected chi connectivity index (χ1v) is 8.85. The van der Waals surface area contributed by atoms with Crippen LogP contribution in [0.2, 0.25) is 0 Å². The van der Waals surface area contributed by atoms with Crippen molar-refractivity contribution in [2.75, 3.05) is 18.5 Å². The molecule has 25 heavy (non-hydrogen) atoms. The lowest BCUT2D eigenvalue weighted by Gasteiger charge is -2.23. The molecule has 2 amide bonds. The van der Waals surface area contributed by atoms with Gasteiger partial charge in [-0.3, -0.25) is 14.4 Å². The van der Waals surface area contributed by atoms with Crippen molar-refractivity contribution >= 4 is 23.5 Å². The van der Waals surface area contributed by atoms with E-state index in [9.17, 15) is 14.4 Å². The number of nitrogens with one attached hydrogen (secondary N) is 1. The van der Waals surface area contributed by atoms with Crippen LogP contribution in [0.25, 0.3) is 0 Å². The summed E-state index contributed by atoms with van der Waals surface area (Å²) in [6.07, 6.45) is 4.51. The van der Waals surface area contributed by atoms with Gasteiger partial charge in [0.05, 0.1) is 5.92 Å². The van der Waals surface area contributed by atoms with Crippen LogP contribution in [0.4, 0.5) is 5.69 Å². The molecule has 6 heteroatoms. The molecule has 6 nitrogen and oxygen atoms in total. The SMILES string of the molecule is Cc1ccc(NC(=O)COC(=O)[C@@H]2CC(=O)N(C3CCCC3)C2)cc1. The Morgan fingerprint density at radius 2 is 1.88 bits per heavy atom. The van der Waals surface area contributed by atoms with Crippen LogP contribution in [-0.2, 0) is 19.1 Å². The van der Waals surface area contributed by atoms with Crippen LogP contribution in [-0.4, -0.2) is 41.9 Å². The van der Waals surface area contributed by atoms with E-state index in [0.717, 1.165) is 31.2 Å². The molecular formula is C19H24N2O4. The molecule has 2 aliphatic rings. The monoisotopic (exact) mass is 344 g/mol. The highest BCUT2D eigenvalue weighted by Crippen LogP contribution is 2.29. The predicted molar refractivity (Wildman–Crippen MR) is 92.8 cm³/mol. The molecule has 0 radical (unpaired) electrons. The Kier molecular flexibility index (Phi) is 5.36. The van der Waals surface area contributed by atoms with Crippen molar-refractivity contribution < 1.29 is 19.1 Å². The summed E-state index contributed by atoms with van der Waals surface area (Å²) in [7, 11) is 0. The zero-order valence-corrected chi connectivity index (χ0v) is 14.5. The van der Waals surface area contributed by atoms with Gasteiger partial charge in [-0.05, 0) is 31.9 Å². The third-order valence-corrected chi connectivity index (χ3v) is 4.94. The van der Waals surface area contributed by atoms with Crippen LogP contribution in [0.5, 0.6) is 0 Å². The first-order chi connectivity index (χ1) is 12.0. The van der Waals surface area contributed by atoms with Gasteiger partial charge in [-0.1, -0.05) is 30.5 Å². The third-order valence-electron chi connectivity index (χ3n) is 4.94. The minimum Gasteiger partial charge on any atom is -0.455 e. The van der Waals surface area contributed by atoms with Crippen LogP contribution >= 0.6 is 0 Å². The molecule has 1 saturated heterocycles. The van der Waals surface area contributed by atoms with Gasteiger partial charge in [0.15, 0.2) is 6.61 Å². The highest BCUT2D eigenvalue weighted by atomic mass is 16.5. The van der Waals surface area contributed by atoms with Crippen molar-refractivity contribution in [1.82, 2.24) is 4.90 Å². The molecule has 0 unspecified atom stereocenters. The summed E-state index contributed by atoms with van der Waals surface area (Å²) in [6, 6.07) is 7.65. The number of hydrogen-bond donors (Lipinski definition) is 1. The molecule has 1 aromatic carbocycles. The average molecular weight is 344 g/mol. The van der Waals surface area contributed by atoms with Crippen LogP contribution < -0.4 is 5.32 Å². The zero-order valence-electron chi connectivity index (χ0n) is 14.5. The van der Waals surface area contributed by atoms with Gasteiger partial charge in [0, 0.05) is 24.7 Å². The predicted octanol–water partition coefficient (Wildman–Crippen LogP) is 2.27. The fraction of sp³-hybridized carbons (Fsp3) is 0.526. The van der Waals surface area contributed by atoms with E-state index in [1.807, 2.05) is 24.0 Å². The molecule has 0 bridgehead atoms. The summed E-state index contributed by atoms with van der Waals surface area (Å²) in [5, 5.41) is 2.68. The van der Waals surface area contributed by atoms with E-state index in [4.69, 9.17) is 4.74 Å². The molecule has 1 heterocycles. The Labute approximate surface area is 147 Å². The molecule has 0 spiro atoms. The van der Waals surface area contributed by atoms with Crippen molar-refractivity contribution in [1.29, 1.82) is 0 Å². The minimum atomic E-state index is -0.465. The van der Waals surface area contributed by atoms with E-state index in [1.54, 1.807) is 12.1 Å². The van der Waals surface area contributed by atoms with Gasteiger partial charge in [0.1, 0.15) is 0 Å². The van der Waals surface area contributed by atoms with E-state index in [-0.39, 0.29) is 30.9 Å². The quantitative estimate of drug-likeness (QED) is 0.832. The topological polar surface area (TPSA) is 75.7 Å². The van der Waals surface area contributed by atoms with Crippen LogP contribution in [0.3, 0.4) is 0 Å². The van der Waals surface area contributed by atoms with E-state index in [0.29, 0.717) is 12.2 Å². The van der Waals surface area contributed by atoms with Gasteiger partial charge in [0.25, 0.3) is 5.91 Å². The Hall–Kier alpha value is -2.37. The van der Waals surface area contributed by atoms with Crippen LogP contribution in [0.1, 0.15) is 37.7 Å². The van der Waals surface area contributed by atoms with Gasteiger partial charge in [-0.2, -0.15) is 0 Å². The highest BCUT2D eigenvalue weighted by molar-refractivity contribution is 5.93. The number of esters is 1. The van der Waals surface area contributed by atoms with Gasteiger partial charge in [-0.25, -0.2) is 0 Å². The average Bonchev–Trinajstić information content (AvgIpc) is 3.24. The number of nitrogens with zero attached hydrogens (tertiary/aromatic N) is 1. The van der Waals surface area contributed by atoms with Crippen LogP contribution in [0, 0.1) is 12.8 Å². The maximum Gasteiger partial charge on any atom is 0.311 e. The second kappa shape index (κ2) is 7.68. The Morgan fingerprint density at radius 1 is 1.20 bits per heavy atom. The first-order valence-electron chi connectivity index (χ1n) is 8.85. The number of benzene rings is 1. The lowest BCUT2D eigenvalue weighted by Crippen LogP contribution is -2.35. The van der Waals surface area contributed by atoms with Crippen molar-refractivity contribution in [2.45, 2.75) is 45.1 Å². The van der Waals surface area contributed by atoms with E-state index < -0.39 is 11.9 Å². The number of carbonyl (C=O) groups excluding carboxylic acids is 3. The van der Waals surface area contributed by atoms with Gasteiger partial charge in [0.2, 0.25) is 5.91 Å². The number of rotatable bonds is 5. The molecule has 1 saturated carbocycles. The largest absolute Gasteiger partial charge is 0.455 e. The maximum absolute atomic E-state index is 12.2. The maximum atomic E-state index is 12.2. The molecule has 1 aromatic rings. The molecular weight excluding hydrogens is 320 g/mol. The first kappa shape index (κ1) is 17.5. The molecule has 1 N–H and O–H groups in total. The fourth-order valence-electron chi connectivity index (χ4n) is 3.55. The molecule has 2 fully saturated rings. The third kappa shape index (κ3) is 4.38. The summed E-state index contributed by atoms with van der Waals surface area (Å²) in [4.78, 5) is 38.0. The summed E-state index contributed by atoms with van der Waals surface area (Å²) in [6.45, 7) is 2.05. The Balaban J connectivity index is 1.45. The second-order valence-corrected chi connectivity index (χ2v) is 6.91. The number of hydrogen-bond acceptors (Lipinski definition) is 4. The van der Waals surface area contributed by atoms with Gasteiger partial charge >= 0.3 is 5.97 Å². The lowest BCUT2D eigenvalue weighted by atomic mass is 10.1. The fourth-order valence-corrected chi connectivity index (χ4v) is 3.55. The van der Waals surface area contributed by atoms with Gasteiger partial charge < -0.3 is 15.0 Å². The Bertz CT molecular complexity index is 650. The van der Waals surface area contributed by atoms with Crippen LogP contribution in [0.15, 0.2) is 24.3 Å². The zero-order chi connectivity index (χ0) is 17.8. The summed E-state index contributed by atoms with van der Waals surface area (Å²) in [5.74, 6) is -1.28. The second-order valence-electron chi connectivity index (χ2n) is 6.91. The molecule has 1 atom stereocenters. The minimum absolute atomic E-state index is 0.0259. The number of carbonyl (C=O) groups is 3. The van der Waals surface area contributed by atoms with E-state index >= 15 is 0 Å². The standard InChI is InChI=1S/C19H24N2O4/c1-13-6-8-15(9-7-13)20-17(22)12-25-19(24)14-10-18(23)21(11-14)16-4-2-3-5-16/h6-9,14,16H,2-5,10-12H2,1H3,(H,20,22)/t14-/m1/s1.